The van der Waals surface area contributed by atoms with Crippen LogP contribution in [0.5, 0.6) is 5.75 Å². The van der Waals surface area contributed by atoms with Gasteiger partial charge in [-0.1, -0.05) is 0 Å². The fourth-order valence-electron chi connectivity index (χ4n) is 3.14. The number of nitrogens with zero attached hydrogens (tertiary/aromatic N) is 1. The van der Waals surface area contributed by atoms with Gasteiger partial charge >= 0.3 is 0 Å². The van der Waals surface area contributed by atoms with E-state index in [4.69, 9.17) is 5.73 Å². The highest BCUT2D eigenvalue weighted by Gasteiger charge is 2.31. The SMILES string of the molecule is Nc1c2c(cc(=O)n1-c1ccc3c(O)cc(S(=O)(=O)O)cc3c1)C(=O)NC2=O. The van der Waals surface area contributed by atoms with Crippen LogP contribution in [-0.4, -0.2) is 34.5 Å². The van der Waals surface area contributed by atoms with Crippen molar-refractivity contribution in [1.29, 1.82) is 0 Å². The molecule has 1 aliphatic heterocycles. The van der Waals surface area contributed by atoms with Crippen LogP contribution >= 0.6 is 0 Å². The fourth-order valence-corrected chi connectivity index (χ4v) is 3.68. The van der Waals surface area contributed by atoms with Crippen molar-refractivity contribution in [3.63, 3.8) is 0 Å². The van der Waals surface area contributed by atoms with Crippen molar-refractivity contribution in [2.75, 3.05) is 5.73 Å². The van der Waals surface area contributed by atoms with Gasteiger partial charge in [-0.3, -0.25) is 28.8 Å². The number of fused-ring (bicyclic) bond motifs is 2. The van der Waals surface area contributed by atoms with Gasteiger partial charge in [-0.15, -0.1) is 0 Å². The minimum absolute atomic E-state index is 0.129. The van der Waals surface area contributed by atoms with Crippen molar-refractivity contribution in [2.45, 2.75) is 4.90 Å². The molecule has 0 spiro atoms. The van der Waals surface area contributed by atoms with E-state index in [0.717, 1.165) is 22.8 Å². The fraction of sp³-hybridized carbons (Fsp3) is 0. The van der Waals surface area contributed by atoms with Crippen molar-refractivity contribution >= 4 is 38.5 Å². The van der Waals surface area contributed by atoms with E-state index in [1.54, 1.807) is 0 Å². The van der Waals surface area contributed by atoms with Crippen molar-refractivity contribution in [1.82, 2.24) is 9.88 Å². The molecule has 0 radical (unpaired) electrons. The smallest absolute Gasteiger partial charge is 0.294 e. The Kier molecular flexibility index (Phi) is 3.57. The number of phenolic OH excluding ortho intramolecular Hbond substituents is 1. The summed E-state index contributed by atoms with van der Waals surface area (Å²) in [5.41, 5.74) is 5.17. The minimum Gasteiger partial charge on any atom is -0.507 e. The molecule has 2 aromatic carbocycles. The van der Waals surface area contributed by atoms with Gasteiger partial charge in [-0.2, -0.15) is 8.42 Å². The maximum Gasteiger partial charge on any atom is 0.294 e. The third kappa shape index (κ3) is 2.52. The number of nitrogens with two attached hydrogens (primary N) is 1. The molecule has 10 nitrogen and oxygen atoms in total. The number of hydrogen-bond donors (Lipinski definition) is 4. The summed E-state index contributed by atoms with van der Waals surface area (Å²) in [6, 6.07) is 7.17. The number of rotatable bonds is 2. The van der Waals surface area contributed by atoms with Crippen LogP contribution in [0.25, 0.3) is 16.5 Å². The van der Waals surface area contributed by atoms with E-state index in [1.807, 2.05) is 0 Å². The molecule has 5 N–H and O–H groups in total. The van der Waals surface area contributed by atoms with Crippen LogP contribution in [0.15, 0.2) is 46.1 Å². The summed E-state index contributed by atoms with van der Waals surface area (Å²) in [5, 5.41) is 12.5. The lowest BCUT2D eigenvalue weighted by Crippen LogP contribution is -2.24. The molecule has 0 saturated heterocycles. The molecule has 0 unspecified atom stereocenters. The zero-order chi connectivity index (χ0) is 20.4. The molecule has 28 heavy (non-hydrogen) atoms. The predicted molar refractivity (Wildman–Crippen MR) is 97.2 cm³/mol. The normalized spacial score (nSPS) is 13.6. The number of nitrogen functional groups attached to an aromatic ring is 1. The Morgan fingerprint density at radius 2 is 1.71 bits per heavy atom. The van der Waals surface area contributed by atoms with Gasteiger partial charge in [0, 0.05) is 17.5 Å². The van der Waals surface area contributed by atoms with Gasteiger partial charge < -0.3 is 10.8 Å². The standard InChI is InChI=1S/C17H11N3O7S/c18-15-14-11(16(23)19-17(14)24)6-13(22)20(15)8-1-2-10-7(3-8)4-9(5-12(10)21)28(25,26)27/h1-6,21H,18H2,(H,19,23,24)(H,25,26,27). The summed E-state index contributed by atoms with van der Waals surface area (Å²) in [6.45, 7) is 0. The molecule has 4 rings (SSSR count). The minimum atomic E-state index is -4.58. The van der Waals surface area contributed by atoms with Gasteiger partial charge in [-0.05, 0) is 29.7 Å². The number of anilines is 1. The van der Waals surface area contributed by atoms with E-state index in [-0.39, 0.29) is 33.4 Å². The van der Waals surface area contributed by atoms with Gasteiger partial charge in [0.2, 0.25) is 0 Å². The number of aromatic nitrogens is 1. The Bertz CT molecular complexity index is 1390. The highest BCUT2D eigenvalue weighted by atomic mass is 32.2. The van der Waals surface area contributed by atoms with Gasteiger partial charge in [0.25, 0.3) is 27.5 Å². The van der Waals surface area contributed by atoms with Crippen molar-refractivity contribution in [2.24, 2.45) is 0 Å². The molecule has 1 aliphatic rings. The van der Waals surface area contributed by atoms with Gasteiger partial charge in [0.15, 0.2) is 0 Å². The number of hydrogen-bond acceptors (Lipinski definition) is 7. The van der Waals surface area contributed by atoms with E-state index in [0.29, 0.717) is 0 Å². The molecule has 0 fully saturated rings. The summed E-state index contributed by atoms with van der Waals surface area (Å²) in [7, 11) is -4.58. The topological polar surface area (TPSA) is 169 Å². The number of pyridine rings is 1. The maximum absolute atomic E-state index is 12.5. The van der Waals surface area contributed by atoms with Gasteiger partial charge in [0.1, 0.15) is 11.6 Å². The summed E-state index contributed by atoms with van der Waals surface area (Å²) < 4.78 is 33.0. The Morgan fingerprint density at radius 3 is 2.39 bits per heavy atom. The molecule has 2 heterocycles. The quantitative estimate of drug-likeness (QED) is 0.353. The van der Waals surface area contributed by atoms with Gasteiger partial charge in [0.05, 0.1) is 21.7 Å². The number of imide groups is 1. The lowest BCUT2D eigenvalue weighted by molar-refractivity contribution is 0.0880. The first-order valence-electron chi connectivity index (χ1n) is 7.74. The molecule has 0 bridgehead atoms. The Balaban J connectivity index is 2.01. The van der Waals surface area contributed by atoms with Crippen LogP contribution in [0.1, 0.15) is 20.7 Å². The van der Waals surface area contributed by atoms with Crippen LogP contribution in [0, 0.1) is 0 Å². The number of benzene rings is 2. The molecular formula is C17H11N3O7S. The second kappa shape index (κ2) is 5.65. The molecule has 1 aromatic heterocycles. The number of aromatic hydroxyl groups is 1. The first-order chi connectivity index (χ1) is 13.1. The number of carbonyl (C=O) groups is 2. The predicted octanol–water partition coefficient (Wildman–Crippen LogP) is 0.409. The lowest BCUT2D eigenvalue weighted by Gasteiger charge is -2.13. The summed E-state index contributed by atoms with van der Waals surface area (Å²) in [5.74, 6) is -2.12. The first kappa shape index (κ1) is 17.7. The largest absolute Gasteiger partial charge is 0.507 e. The molecular weight excluding hydrogens is 390 g/mol. The average molecular weight is 401 g/mol. The number of phenols is 1. The lowest BCUT2D eigenvalue weighted by atomic mass is 10.1. The second-order valence-corrected chi connectivity index (χ2v) is 7.52. The average Bonchev–Trinajstić information content (AvgIpc) is 2.87. The highest BCUT2D eigenvalue weighted by Crippen LogP contribution is 2.31. The van der Waals surface area contributed by atoms with Crippen LogP contribution in [0.3, 0.4) is 0 Å². The van der Waals surface area contributed by atoms with Crippen LogP contribution < -0.4 is 16.6 Å². The first-order valence-corrected chi connectivity index (χ1v) is 9.18. The highest BCUT2D eigenvalue weighted by molar-refractivity contribution is 7.85. The van der Waals surface area contributed by atoms with E-state index in [1.165, 1.54) is 18.2 Å². The third-order valence-corrected chi connectivity index (χ3v) is 5.23. The van der Waals surface area contributed by atoms with Crippen LogP contribution in [0.4, 0.5) is 5.82 Å². The molecule has 142 valence electrons. The van der Waals surface area contributed by atoms with Crippen molar-refractivity contribution in [3.8, 4) is 11.4 Å². The molecule has 11 heteroatoms. The van der Waals surface area contributed by atoms with Crippen LogP contribution in [-0.2, 0) is 10.1 Å². The Morgan fingerprint density at radius 1 is 1.00 bits per heavy atom. The molecule has 2 amide bonds. The number of carbonyl (C=O) groups excluding carboxylic acids is 2. The number of nitrogens with one attached hydrogen (secondary N) is 1. The van der Waals surface area contributed by atoms with Crippen LogP contribution in [0.2, 0.25) is 0 Å². The number of amides is 2. The monoisotopic (exact) mass is 401 g/mol. The molecule has 3 aromatic rings. The summed E-state index contributed by atoms with van der Waals surface area (Å²) in [6.07, 6.45) is 0. The summed E-state index contributed by atoms with van der Waals surface area (Å²) >= 11 is 0. The zero-order valence-corrected chi connectivity index (χ0v) is 14.6. The van der Waals surface area contributed by atoms with E-state index in [9.17, 15) is 32.5 Å². The Hall–Kier alpha value is -3.70. The second-order valence-electron chi connectivity index (χ2n) is 6.10. The summed E-state index contributed by atoms with van der Waals surface area (Å²) in [4.78, 5) is 35.6. The zero-order valence-electron chi connectivity index (χ0n) is 13.8. The van der Waals surface area contributed by atoms with E-state index < -0.39 is 38.1 Å². The van der Waals surface area contributed by atoms with Crippen molar-refractivity contribution in [3.05, 3.63) is 57.9 Å². The van der Waals surface area contributed by atoms with E-state index in [2.05, 4.69) is 5.32 Å². The van der Waals surface area contributed by atoms with E-state index >= 15 is 0 Å². The molecule has 0 aliphatic carbocycles. The molecule has 0 saturated carbocycles. The van der Waals surface area contributed by atoms with Crippen molar-refractivity contribution < 1.29 is 27.7 Å². The third-order valence-electron chi connectivity index (χ3n) is 4.40. The maximum atomic E-state index is 12.5. The molecule has 0 atom stereocenters. The Labute approximate surface area is 156 Å². The van der Waals surface area contributed by atoms with Gasteiger partial charge in [-0.25, -0.2) is 0 Å².